The Morgan fingerprint density at radius 2 is 1.80 bits per heavy atom. The first-order valence-corrected chi connectivity index (χ1v) is 13.7. The van der Waals surface area contributed by atoms with E-state index in [4.69, 9.17) is 0 Å². The van der Waals surface area contributed by atoms with Crippen molar-refractivity contribution in [1.29, 1.82) is 0 Å². The maximum atomic E-state index is 13.3. The lowest BCUT2D eigenvalue weighted by Crippen LogP contribution is -2.41. The van der Waals surface area contributed by atoms with Crippen LogP contribution in [0.1, 0.15) is 112 Å². The van der Waals surface area contributed by atoms with Crippen molar-refractivity contribution in [3.63, 3.8) is 0 Å². The van der Waals surface area contributed by atoms with E-state index in [1.807, 2.05) is 0 Å². The van der Waals surface area contributed by atoms with Crippen LogP contribution < -0.4 is 5.56 Å². The van der Waals surface area contributed by atoms with Gasteiger partial charge in [-0.25, -0.2) is 4.68 Å². The number of aromatic amines is 1. The van der Waals surface area contributed by atoms with Crippen molar-refractivity contribution in [3.05, 3.63) is 51.1 Å². The molecule has 1 aromatic carbocycles. The minimum absolute atomic E-state index is 0.0240. The maximum absolute atomic E-state index is 13.3. The molecular formula is C28H40N6O. The maximum Gasteiger partial charge on any atom is 0.252 e. The molecule has 0 unspecified atom stereocenters. The van der Waals surface area contributed by atoms with Crippen molar-refractivity contribution < 1.29 is 0 Å². The summed E-state index contributed by atoms with van der Waals surface area (Å²) in [6.07, 6.45) is 13.0. The Morgan fingerprint density at radius 1 is 1.06 bits per heavy atom. The summed E-state index contributed by atoms with van der Waals surface area (Å²) < 4.78 is 2.13. The van der Waals surface area contributed by atoms with Gasteiger partial charge in [0.25, 0.3) is 5.56 Å². The number of aromatic nitrogens is 5. The second-order valence-electron chi connectivity index (χ2n) is 10.9. The van der Waals surface area contributed by atoms with Crippen molar-refractivity contribution in [3.8, 4) is 0 Å². The van der Waals surface area contributed by atoms with Crippen molar-refractivity contribution in [2.24, 2.45) is 0 Å². The van der Waals surface area contributed by atoms with E-state index in [1.54, 1.807) is 0 Å². The van der Waals surface area contributed by atoms with Gasteiger partial charge < -0.3 is 4.98 Å². The van der Waals surface area contributed by atoms with E-state index in [0.717, 1.165) is 53.5 Å². The molecule has 0 amide bonds. The lowest BCUT2D eigenvalue weighted by Gasteiger charge is -2.39. The van der Waals surface area contributed by atoms with Gasteiger partial charge in [-0.05, 0) is 79.5 Å². The number of benzene rings is 1. The first-order valence-electron chi connectivity index (χ1n) is 13.7. The summed E-state index contributed by atoms with van der Waals surface area (Å²) >= 11 is 0. The lowest BCUT2D eigenvalue weighted by molar-refractivity contribution is 0.0798. The van der Waals surface area contributed by atoms with E-state index in [-0.39, 0.29) is 11.6 Å². The van der Waals surface area contributed by atoms with Crippen molar-refractivity contribution in [2.75, 3.05) is 0 Å². The predicted octanol–water partition coefficient (Wildman–Crippen LogP) is 5.92. The van der Waals surface area contributed by atoms with Crippen LogP contribution in [-0.2, 0) is 6.54 Å². The van der Waals surface area contributed by atoms with Crippen LogP contribution in [0.15, 0.2) is 23.0 Å². The first kappa shape index (κ1) is 24.2. The highest BCUT2D eigenvalue weighted by molar-refractivity contribution is 5.82. The molecule has 2 aromatic heterocycles. The van der Waals surface area contributed by atoms with E-state index in [9.17, 15) is 4.79 Å². The van der Waals surface area contributed by atoms with Crippen LogP contribution in [-0.4, -0.2) is 36.1 Å². The average molecular weight is 477 g/mol. The number of hydrogen-bond donors (Lipinski definition) is 1. The number of hydrogen-bond acceptors (Lipinski definition) is 5. The molecule has 2 aliphatic rings. The predicted molar refractivity (Wildman–Crippen MR) is 139 cm³/mol. The van der Waals surface area contributed by atoms with E-state index in [1.165, 1.54) is 50.5 Å². The molecule has 2 fully saturated rings. The number of nitrogens with one attached hydrogen (secondary N) is 1. The van der Waals surface area contributed by atoms with E-state index in [0.29, 0.717) is 18.6 Å². The molecule has 0 bridgehead atoms. The average Bonchev–Trinajstić information content (AvgIpc) is 3.55. The summed E-state index contributed by atoms with van der Waals surface area (Å²) in [6.45, 7) is 7.06. The van der Waals surface area contributed by atoms with Gasteiger partial charge >= 0.3 is 0 Å². The molecule has 5 rings (SSSR count). The minimum atomic E-state index is 0.0240. The highest BCUT2D eigenvalue weighted by Crippen LogP contribution is 2.37. The Labute approximate surface area is 208 Å². The Bertz CT molecular complexity index is 1200. The molecule has 188 valence electrons. The van der Waals surface area contributed by atoms with Gasteiger partial charge in [0.15, 0.2) is 5.82 Å². The number of nitrogens with zero attached hydrogens (tertiary/aromatic N) is 5. The van der Waals surface area contributed by atoms with Gasteiger partial charge in [0, 0.05) is 18.2 Å². The molecule has 35 heavy (non-hydrogen) atoms. The molecule has 7 nitrogen and oxygen atoms in total. The molecular weight excluding hydrogens is 436 g/mol. The van der Waals surface area contributed by atoms with Crippen molar-refractivity contribution in [2.45, 2.75) is 116 Å². The molecule has 0 radical (unpaired) electrons. The van der Waals surface area contributed by atoms with Gasteiger partial charge in [0.2, 0.25) is 0 Å². The van der Waals surface area contributed by atoms with E-state index < -0.39 is 0 Å². The van der Waals surface area contributed by atoms with Gasteiger partial charge in [-0.3, -0.25) is 9.69 Å². The van der Waals surface area contributed by atoms with Gasteiger partial charge in [0.1, 0.15) is 0 Å². The van der Waals surface area contributed by atoms with Crippen molar-refractivity contribution in [1.82, 2.24) is 30.1 Å². The van der Waals surface area contributed by atoms with Crippen LogP contribution in [0.4, 0.5) is 0 Å². The van der Waals surface area contributed by atoms with Crippen LogP contribution in [0, 0.1) is 13.8 Å². The molecule has 1 atom stereocenters. The fourth-order valence-corrected chi connectivity index (χ4v) is 6.50. The monoisotopic (exact) mass is 476 g/mol. The molecule has 7 heteroatoms. The van der Waals surface area contributed by atoms with Crippen LogP contribution in [0.3, 0.4) is 0 Å². The Kier molecular flexibility index (Phi) is 7.32. The molecule has 2 saturated carbocycles. The molecule has 3 aromatic rings. The smallest absolute Gasteiger partial charge is 0.252 e. The van der Waals surface area contributed by atoms with Gasteiger partial charge in [-0.1, -0.05) is 57.1 Å². The largest absolute Gasteiger partial charge is 0.321 e. The highest BCUT2D eigenvalue weighted by atomic mass is 16.1. The highest BCUT2D eigenvalue weighted by Gasteiger charge is 2.34. The van der Waals surface area contributed by atoms with Crippen LogP contribution in [0.5, 0.6) is 0 Å². The second-order valence-corrected chi connectivity index (χ2v) is 10.9. The van der Waals surface area contributed by atoms with Crippen LogP contribution in [0.2, 0.25) is 0 Å². The fourth-order valence-electron chi connectivity index (χ4n) is 6.50. The Balaban J connectivity index is 1.55. The number of aryl methyl sites for hydroxylation is 2. The number of rotatable bonds is 8. The van der Waals surface area contributed by atoms with Crippen molar-refractivity contribution >= 4 is 10.9 Å². The summed E-state index contributed by atoms with van der Waals surface area (Å²) in [5.74, 6) is 0.994. The summed E-state index contributed by atoms with van der Waals surface area (Å²) in [4.78, 5) is 19.1. The molecule has 0 saturated heterocycles. The molecule has 2 heterocycles. The Morgan fingerprint density at radius 3 is 2.54 bits per heavy atom. The third-order valence-corrected chi connectivity index (χ3v) is 8.22. The summed E-state index contributed by atoms with van der Waals surface area (Å²) in [5.41, 5.74) is 4.15. The quantitative estimate of drug-likeness (QED) is 0.436. The summed E-state index contributed by atoms with van der Waals surface area (Å²) in [5, 5.41) is 14.3. The molecule has 0 aliphatic heterocycles. The standard InChI is InChI=1S/C28H40N6O/c1-4-10-25(27-30-31-32-34(27)24-13-8-9-14-24)33(23-11-6-5-7-12-23)18-22-17-21-16-19(2)15-20(3)26(21)29-28(22)35/h15-17,23-25H,4-14,18H2,1-3H3,(H,29,35)/t25-/m0/s1. The third kappa shape index (κ3) is 5.06. The minimum Gasteiger partial charge on any atom is -0.321 e. The first-order chi connectivity index (χ1) is 17.0. The summed E-state index contributed by atoms with van der Waals surface area (Å²) in [7, 11) is 0. The second kappa shape index (κ2) is 10.6. The summed E-state index contributed by atoms with van der Waals surface area (Å²) in [6, 6.07) is 7.40. The molecule has 2 aliphatic carbocycles. The topological polar surface area (TPSA) is 79.7 Å². The zero-order valence-electron chi connectivity index (χ0n) is 21.6. The fraction of sp³-hybridized carbons (Fsp3) is 0.643. The van der Waals surface area contributed by atoms with Crippen LogP contribution >= 0.6 is 0 Å². The SMILES string of the molecule is CCC[C@@H](c1nnnn1C1CCCC1)N(Cc1cc2cc(C)cc(C)c2[nH]c1=O)C1CCCCC1. The zero-order valence-corrected chi connectivity index (χ0v) is 21.6. The van der Waals surface area contributed by atoms with Gasteiger partial charge in [0.05, 0.1) is 17.6 Å². The number of pyridine rings is 1. The Hall–Kier alpha value is -2.54. The van der Waals surface area contributed by atoms with E-state index in [2.05, 4.69) is 69.1 Å². The van der Waals surface area contributed by atoms with E-state index >= 15 is 0 Å². The number of tetrazole rings is 1. The van der Waals surface area contributed by atoms with Gasteiger partial charge in [-0.2, -0.15) is 0 Å². The number of H-pyrrole nitrogens is 1. The normalized spacial score (nSPS) is 18.6. The zero-order chi connectivity index (χ0) is 24.4. The lowest BCUT2D eigenvalue weighted by atomic mass is 9.91. The van der Waals surface area contributed by atoms with Crippen LogP contribution in [0.25, 0.3) is 10.9 Å². The third-order valence-electron chi connectivity index (χ3n) is 8.22. The van der Waals surface area contributed by atoms with Gasteiger partial charge in [-0.15, -0.1) is 5.10 Å². The molecule has 1 N–H and O–H groups in total. The molecule has 0 spiro atoms. The number of fused-ring (bicyclic) bond motifs is 1.